The van der Waals surface area contributed by atoms with Crippen molar-refractivity contribution in [1.29, 1.82) is 0 Å². The number of anilines is 2. The van der Waals surface area contributed by atoms with Crippen LogP contribution in [0.2, 0.25) is 0 Å². The molecule has 0 saturated carbocycles. The highest BCUT2D eigenvalue weighted by molar-refractivity contribution is 6.07. The van der Waals surface area contributed by atoms with Gasteiger partial charge in [-0.1, -0.05) is 24.3 Å². The van der Waals surface area contributed by atoms with Crippen molar-refractivity contribution < 1.29 is 4.79 Å². The molecule has 7 heteroatoms. The molecule has 3 aromatic rings. The van der Waals surface area contributed by atoms with Gasteiger partial charge in [-0.05, 0) is 29.5 Å². The molecule has 0 saturated heterocycles. The average molecular weight is 280 g/mol. The van der Waals surface area contributed by atoms with Crippen LogP contribution >= 0.6 is 0 Å². The number of amides is 1. The number of benzene rings is 2. The van der Waals surface area contributed by atoms with E-state index in [1.54, 1.807) is 42.5 Å². The first-order valence-corrected chi connectivity index (χ1v) is 6.24. The van der Waals surface area contributed by atoms with E-state index in [4.69, 9.17) is 5.73 Å². The number of para-hydroxylation sites is 1. The van der Waals surface area contributed by atoms with Gasteiger partial charge in [0, 0.05) is 16.9 Å². The summed E-state index contributed by atoms with van der Waals surface area (Å²) in [7, 11) is 0. The van der Waals surface area contributed by atoms with E-state index in [2.05, 4.69) is 25.9 Å². The third-order valence-electron chi connectivity index (χ3n) is 2.93. The Hall–Kier alpha value is -3.22. The summed E-state index contributed by atoms with van der Waals surface area (Å²) in [4.78, 5) is 12.2. The first-order valence-electron chi connectivity index (χ1n) is 6.24. The highest BCUT2D eigenvalue weighted by atomic mass is 16.1. The second-order valence-electron chi connectivity index (χ2n) is 4.36. The van der Waals surface area contributed by atoms with Crippen LogP contribution in [0, 0.1) is 0 Å². The fourth-order valence-electron chi connectivity index (χ4n) is 1.92. The Morgan fingerprint density at radius 1 is 1.14 bits per heavy atom. The van der Waals surface area contributed by atoms with Crippen LogP contribution in [-0.2, 0) is 0 Å². The van der Waals surface area contributed by atoms with Crippen molar-refractivity contribution in [2.75, 3.05) is 11.1 Å². The molecule has 2 aromatic carbocycles. The largest absolute Gasteiger partial charge is 0.398 e. The quantitative estimate of drug-likeness (QED) is 0.632. The van der Waals surface area contributed by atoms with Crippen LogP contribution in [0.5, 0.6) is 0 Å². The topological polar surface area (TPSA) is 110 Å². The fourth-order valence-corrected chi connectivity index (χ4v) is 1.92. The zero-order valence-electron chi connectivity index (χ0n) is 10.9. The lowest BCUT2D eigenvalue weighted by Gasteiger charge is -2.08. The predicted octanol–water partition coefficient (Wildman–Crippen LogP) is 1.70. The minimum Gasteiger partial charge on any atom is -0.398 e. The third-order valence-corrected chi connectivity index (χ3v) is 2.93. The van der Waals surface area contributed by atoms with Crippen molar-refractivity contribution in [3.63, 3.8) is 0 Å². The number of rotatable bonds is 3. The van der Waals surface area contributed by atoms with Crippen LogP contribution in [0.15, 0.2) is 48.5 Å². The number of aromatic nitrogens is 4. The molecule has 1 heterocycles. The minimum atomic E-state index is -0.265. The van der Waals surface area contributed by atoms with Gasteiger partial charge >= 0.3 is 0 Å². The second-order valence-corrected chi connectivity index (χ2v) is 4.36. The van der Waals surface area contributed by atoms with Crippen molar-refractivity contribution in [3.8, 4) is 11.4 Å². The van der Waals surface area contributed by atoms with Gasteiger partial charge < -0.3 is 11.1 Å². The molecule has 0 atom stereocenters. The van der Waals surface area contributed by atoms with Crippen LogP contribution in [0.4, 0.5) is 11.4 Å². The number of nitrogens with zero attached hydrogens (tertiary/aromatic N) is 3. The Kier molecular flexibility index (Phi) is 3.30. The minimum absolute atomic E-state index is 0.265. The Morgan fingerprint density at radius 2 is 2.00 bits per heavy atom. The molecule has 0 aliphatic heterocycles. The van der Waals surface area contributed by atoms with E-state index >= 15 is 0 Å². The van der Waals surface area contributed by atoms with Gasteiger partial charge in [-0.15, -0.1) is 10.2 Å². The van der Waals surface area contributed by atoms with Crippen LogP contribution in [-0.4, -0.2) is 26.5 Å². The average Bonchev–Trinajstić information content (AvgIpc) is 3.02. The summed E-state index contributed by atoms with van der Waals surface area (Å²) < 4.78 is 0. The molecule has 0 fully saturated rings. The molecular weight excluding hydrogens is 268 g/mol. The maximum absolute atomic E-state index is 12.2. The van der Waals surface area contributed by atoms with E-state index in [1.807, 2.05) is 6.07 Å². The number of nitrogens with two attached hydrogens (primary N) is 1. The van der Waals surface area contributed by atoms with Crippen LogP contribution in [0.3, 0.4) is 0 Å². The van der Waals surface area contributed by atoms with Gasteiger partial charge in [-0.2, -0.15) is 5.21 Å². The molecule has 1 amide bonds. The van der Waals surface area contributed by atoms with Crippen molar-refractivity contribution in [2.45, 2.75) is 0 Å². The van der Waals surface area contributed by atoms with E-state index in [-0.39, 0.29) is 5.91 Å². The standard InChI is InChI=1S/C14H12N6O/c15-12-7-2-1-6-11(12)14(21)16-10-5-3-4-9(8-10)13-17-19-20-18-13/h1-8H,15H2,(H,16,21)(H,17,18,19,20). The van der Waals surface area contributed by atoms with E-state index in [0.29, 0.717) is 22.8 Å². The molecule has 0 spiro atoms. The molecule has 0 aliphatic carbocycles. The number of nitrogens with one attached hydrogen (secondary N) is 2. The molecule has 7 nitrogen and oxygen atoms in total. The molecule has 21 heavy (non-hydrogen) atoms. The van der Waals surface area contributed by atoms with Gasteiger partial charge in [-0.3, -0.25) is 4.79 Å². The van der Waals surface area contributed by atoms with Gasteiger partial charge in [0.2, 0.25) is 5.82 Å². The number of tetrazole rings is 1. The smallest absolute Gasteiger partial charge is 0.257 e. The fraction of sp³-hybridized carbons (Fsp3) is 0. The zero-order chi connectivity index (χ0) is 14.7. The van der Waals surface area contributed by atoms with Gasteiger partial charge in [0.15, 0.2) is 0 Å². The van der Waals surface area contributed by atoms with Crippen LogP contribution in [0.1, 0.15) is 10.4 Å². The highest BCUT2D eigenvalue weighted by Gasteiger charge is 2.10. The lowest BCUT2D eigenvalue weighted by molar-refractivity contribution is 0.102. The van der Waals surface area contributed by atoms with E-state index < -0.39 is 0 Å². The molecule has 3 rings (SSSR count). The van der Waals surface area contributed by atoms with Gasteiger partial charge in [0.1, 0.15) is 0 Å². The molecule has 0 radical (unpaired) electrons. The van der Waals surface area contributed by atoms with Gasteiger partial charge in [-0.25, -0.2) is 0 Å². The van der Waals surface area contributed by atoms with Gasteiger partial charge in [0.05, 0.1) is 5.56 Å². The number of nitrogen functional groups attached to an aromatic ring is 1. The van der Waals surface area contributed by atoms with E-state index in [1.165, 1.54) is 0 Å². The SMILES string of the molecule is Nc1ccccc1C(=O)Nc1cccc(-c2nn[nH]n2)c1. The summed E-state index contributed by atoms with van der Waals surface area (Å²) in [6.07, 6.45) is 0. The molecule has 0 aliphatic rings. The molecule has 104 valence electrons. The van der Waals surface area contributed by atoms with E-state index in [9.17, 15) is 4.79 Å². The first-order chi connectivity index (χ1) is 10.2. The molecular formula is C14H12N6O. The molecule has 0 bridgehead atoms. The maximum atomic E-state index is 12.2. The van der Waals surface area contributed by atoms with Gasteiger partial charge in [0.25, 0.3) is 5.91 Å². The Balaban J connectivity index is 1.84. The highest BCUT2D eigenvalue weighted by Crippen LogP contribution is 2.20. The lowest BCUT2D eigenvalue weighted by Crippen LogP contribution is -2.13. The Labute approximate surface area is 120 Å². The Bertz CT molecular complexity index is 769. The number of carbonyl (C=O) groups is 1. The van der Waals surface area contributed by atoms with Crippen molar-refractivity contribution in [1.82, 2.24) is 20.6 Å². The summed E-state index contributed by atoms with van der Waals surface area (Å²) in [5.74, 6) is 0.198. The predicted molar refractivity (Wildman–Crippen MR) is 78.4 cm³/mol. The van der Waals surface area contributed by atoms with Crippen molar-refractivity contribution in [3.05, 3.63) is 54.1 Å². The Morgan fingerprint density at radius 3 is 2.76 bits per heavy atom. The first kappa shape index (κ1) is 12.8. The molecule has 0 unspecified atom stereocenters. The molecule has 1 aromatic heterocycles. The monoisotopic (exact) mass is 280 g/mol. The zero-order valence-corrected chi connectivity index (χ0v) is 10.9. The van der Waals surface area contributed by atoms with Crippen LogP contribution < -0.4 is 11.1 Å². The van der Waals surface area contributed by atoms with Crippen LogP contribution in [0.25, 0.3) is 11.4 Å². The summed E-state index contributed by atoms with van der Waals surface area (Å²) in [6.45, 7) is 0. The second kappa shape index (κ2) is 5.41. The maximum Gasteiger partial charge on any atom is 0.257 e. The number of aromatic amines is 1. The molecule has 4 N–H and O–H groups in total. The third kappa shape index (κ3) is 2.71. The van der Waals surface area contributed by atoms with Crippen molar-refractivity contribution >= 4 is 17.3 Å². The van der Waals surface area contributed by atoms with Crippen molar-refractivity contribution in [2.24, 2.45) is 0 Å². The summed E-state index contributed by atoms with van der Waals surface area (Å²) >= 11 is 0. The summed E-state index contributed by atoms with van der Waals surface area (Å²) in [6, 6.07) is 14.1. The number of hydrogen-bond acceptors (Lipinski definition) is 5. The summed E-state index contributed by atoms with van der Waals surface area (Å²) in [5.41, 5.74) is 8.04. The summed E-state index contributed by atoms with van der Waals surface area (Å²) in [5, 5.41) is 16.5. The van der Waals surface area contributed by atoms with E-state index in [0.717, 1.165) is 5.56 Å². The lowest BCUT2D eigenvalue weighted by atomic mass is 10.1. The number of carbonyl (C=O) groups excluding carboxylic acids is 1. The number of hydrogen-bond donors (Lipinski definition) is 3. The normalized spacial score (nSPS) is 10.3. The number of H-pyrrole nitrogens is 1.